The van der Waals surface area contributed by atoms with Gasteiger partial charge in [-0.3, -0.25) is 9.59 Å². The van der Waals surface area contributed by atoms with Gasteiger partial charge in [0.05, 0.1) is 22.1 Å². The molecule has 0 aliphatic heterocycles. The van der Waals surface area contributed by atoms with Gasteiger partial charge in [0.1, 0.15) is 22.8 Å². The Bertz CT molecular complexity index is 1590. The number of imidazole rings is 2. The topological polar surface area (TPSA) is 141 Å². The smallest absolute Gasteiger partial charge is 0.269 e. The van der Waals surface area contributed by atoms with Gasteiger partial charge in [-0.25, -0.2) is 19.9 Å². The highest BCUT2D eigenvalue weighted by Crippen LogP contribution is 2.20. The highest BCUT2D eigenvalue weighted by molar-refractivity contribution is 5.94. The number of pyridine rings is 2. The molecular weight excluding hydrogens is 480 g/mol. The summed E-state index contributed by atoms with van der Waals surface area (Å²) >= 11 is 0. The zero-order valence-electron chi connectivity index (χ0n) is 20.1. The van der Waals surface area contributed by atoms with Gasteiger partial charge in [-0.15, -0.1) is 0 Å². The number of benzene rings is 2. The maximum absolute atomic E-state index is 12.7. The van der Waals surface area contributed by atoms with Crippen molar-refractivity contribution in [1.82, 2.24) is 40.5 Å². The van der Waals surface area contributed by atoms with Gasteiger partial charge >= 0.3 is 0 Å². The molecule has 2 amide bonds. The molecule has 0 fully saturated rings. The van der Waals surface area contributed by atoms with Crippen LogP contribution in [0.2, 0.25) is 0 Å². The van der Waals surface area contributed by atoms with E-state index in [-0.39, 0.29) is 36.3 Å². The van der Waals surface area contributed by atoms with E-state index in [1.165, 1.54) is 0 Å². The summed E-state index contributed by atoms with van der Waals surface area (Å²) in [6.45, 7) is 0.453. The number of hydrogen-bond donors (Lipinski definition) is 4. The van der Waals surface area contributed by atoms with Gasteiger partial charge < -0.3 is 20.6 Å². The average Bonchev–Trinajstić information content (AvgIpc) is 3.60. The SMILES string of the molecule is O=C(NCCNC(=O)c1cccc(-c2nc3ccccc3[nH]2)n1)c1cccc(-c2nc3ccccc3[nH]2)n1. The van der Waals surface area contributed by atoms with Crippen LogP contribution in [-0.4, -0.2) is 54.8 Å². The Morgan fingerprint density at radius 1 is 0.553 bits per heavy atom. The second kappa shape index (κ2) is 9.94. The molecule has 0 saturated carbocycles. The number of amides is 2. The number of aromatic amines is 2. The third-order valence-electron chi connectivity index (χ3n) is 5.92. The van der Waals surface area contributed by atoms with Gasteiger partial charge in [-0.1, -0.05) is 36.4 Å². The molecule has 186 valence electrons. The molecule has 0 aliphatic rings. The average molecular weight is 503 g/mol. The van der Waals surface area contributed by atoms with Gasteiger partial charge in [0, 0.05) is 13.1 Å². The summed E-state index contributed by atoms with van der Waals surface area (Å²) in [7, 11) is 0. The summed E-state index contributed by atoms with van der Waals surface area (Å²) in [5.74, 6) is 0.486. The molecule has 4 aromatic heterocycles. The second-order valence-electron chi connectivity index (χ2n) is 8.53. The standard InChI is InChI=1S/C28H22N8O2/c37-27(23-13-5-11-21(31-23)25-33-17-7-1-2-8-18(17)34-25)29-15-16-30-28(38)24-14-6-12-22(32-24)26-35-19-9-3-4-10-20(19)36-26/h1-14H,15-16H2,(H,29,37)(H,30,38)(H,33,34)(H,35,36). The number of fused-ring (bicyclic) bond motifs is 2. The summed E-state index contributed by atoms with van der Waals surface area (Å²) in [6, 6.07) is 25.7. The van der Waals surface area contributed by atoms with Crippen LogP contribution in [0.5, 0.6) is 0 Å². The minimum absolute atomic E-state index is 0.227. The molecule has 0 spiro atoms. The summed E-state index contributed by atoms with van der Waals surface area (Å²) in [5.41, 5.74) is 5.10. The number of nitrogens with zero attached hydrogens (tertiary/aromatic N) is 4. The minimum Gasteiger partial charge on any atom is -0.349 e. The van der Waals surface area contributed by atoms with Crippen LogP contribution >= 0.6 is 0 Å². The predicted molar refractivity (Wildman–Crippen MR) is 143 cm³/mol. The Labute approximate surface area is 216 Å². The Kier molecular flexibility index (Phi) is 6.03. The van der Waals surface area contributed by atoms with E-state index >= 15 is 0 Å². The molecule has 0 atom stereocenters. The van der Waals surface area contributed by atoms with Crippen LogP contribution in [-0.2, 0) is 0 Å². The van der Waals surface area contributed by atoms with Crippen LogP contribution in [0.15, 0.2) is 84.9 Å². The van der Waals surface area contributed by atoms with Crippen molar-refractivity contribution in [2.24, 2.45) is 0 Å². The third-order valence-corrected chi connectivity index (χ3v) is 5.92. The van der Waals surface area contributed by atoms with Crippen molar-refractivity contribution in [3.63, 3.8) is 0 Å². The number of rotatable bonds is 7. The Hall–Kier alpha value is -5.38. The predicted octanol–water partition coefficient (Wildman–Crippen LogP) is 3.72. The van der Waals surface area contributed by atoms with Crippen molar-refractivity contribution >= 4 is 33.9 Å². The number of carbonyl (C=O) groups is 2. The monoisotopic (exact) mass is 502 g/mol. The summed E-state index contributed by atoms with van der Waals surface area (Å²) in [5, 5.41) is 5.56. The molecule has 0 radical (unpaired) electrons. The highest BCUT2D eigenvalue weighted by Gasteiger charge is 2.13. The van der Waals surface area contributed by atoms with E-state index in [0.717, 1.165) is 22.1 Å². The minimum atomic E-state index is -0.345. The van der Waals surface area contributed by atoms with E-state index in [9.17, 15) is 9.59 Å². The van der Waals surface area contributed by atoms with Gasteiger partial charge in [0.15, 0.2) is 11.6 Å². The summed E-state index contributed by atoms with van der Waals surface area (Å²) in [6.07, 6.45) is 0. The highest BCUT2D eigenvalue weighted by atomic mass is 16.2. The first kappa shape index (κ1) is 23.0. The first-order valence-corrected chi connectivity index (χ1v) is 12.0. The lowest BCUT2D eigenvalue weighted by Crippen LogP contribution is -2.35. The molecule has 0 bridgehead atoms. The van der Waals surface area contributed by atoms with Gasteiger partial charge in [0.2, 0.25) is 0 Å². The molecule has 0 aliphatic carbocycles. The Morgan fingerprint density at radius 2 is 1.00 bits per heavy atom. The van der Waals surface area contributed by atoms with E-state index < -0.39 is 0 Å². The van der Waals surface area contributed by atoms with Crippen LogP contribution in [0.3, 0.4) is 0 Å². The lowest BCUT2D eigenvalue weighted by Gasteiger charge is -2.08. The lowest BCUT2D eigenvalue weighted by molar-refractivity contribution is 0.0923. The van der Waals surface area contributed by atoms with Crippen LogP contribution in [0.25, 0.3) is 45.1 Å². The summed E-state index contributed by atoms with van der Waals surface area (Å²) in [4.78, 5) is 49.7. The molecule has 6 aromatic rings. The van der Waals surface area contributed by atoms with Gasteiger partial charge in [-0.05, 0) is 48.5 Å². The molecule has 10 nitrogen and oxygen atoms in total. The first-order valence-electron chi connectivity index (χ1n) is 12.0. The normalized spacial score (nSPS) is 11.1. The van der Waals surface area contributed by atoms with Crippen molar-refractivity contribution in [1.29, 1.82) is 0 Å². The lowest BCUT2D eigenvalue weighted by atomic mass is 10.2. The van der Waals surface area contributed by atoms with E-state index in [4.69, 9.17) is 0 Å². The number of H-pyrrole nitrogens is 2. The molecule has 38 heavy (non-hydrogen) atoms. The van der Waals surface area contributed by atoms with Crippen LogP contribution in [0, 0.1) is 0 Å². The number of para-hydroxylation sites is 4. The van der Waals surface area contributed by atoms with Crippen molar-refractivity contribution in [2.75, 3.05) is 13.1 Å². The largest absolute Gasteiger partial charge is 0.349 e. The van der Waals surface area contributed by atoms with Crippen LogP contribution < -0.4 is 10.6 Å². The van der Waals surface area contributed by atoms with E-state index in [2.05, 4.69) is 40.5 Å². The van der Waals surface area contributed by atoms with Crippen molar-refractivity contribution in [3.05, 3.63) is 96.3 Å². The number of nitrogens with one attached hydrogen (secondary N) is 4. The molecule has 0 unspecified atom stereocenters. The summed E-state index contributed by atoms with van der Waals surface area (Å²) < 4.78 is 0. The molecule has 6 rings (SSSR count). The maximum atomic E-state index is 12.7. The fraction of sp³-hybridized carbons (Fsp3) is 0.0714. The fourth-order valence-corrected chi connectivity index (χ4v) is 4.07. The zero-order valence-corrected chi connectivity index (χ0v) is 20.1. The molecule has 2 aromatic carbocycles. The fourth-order valence-electron chi connectivity index (χ4n) is 4.07. The Balaban J connectivity index is 1.05. The second-order valence-corrected chi connectivity index (χ2v) is 8.53. The molecule has 0 saturated heterocycles. The first-order chi connectivity index (χ1) is 18.6. The number of aromatic nitrogens is 6. The van der Waals surface area contributed by atoms with Crippen LogP contribution in [0.1, 0.15) is 21.0 Å². The molecule has 4 heterocycles. The van der Waals surface area contributed by atoms with Crippen molar-refractivity contribution in [3.8, 4) is 23.0 Å². The maximum Gasteiger partial charge on any atom is 0.269 e. The van der Waals surface area contributed by atoms with Crippen molar-refractivity contribution < 1.29 is 9.59 Å². The third kappa shape index (κ3) is 4.70. The van der Waals surface area contributed by atoms with E-state index in [1.54, 1.807) is 36.4 Å². The van der Waals surface area contributed by atoms with Gasteiger partial charge in [0.25, 0.3) is 11.8 Å². The molecular formula is C28H22N8O2. The number of carbonyl (C=O) groups excluding carboxylic acids is 2. The van der Waals surface area contributed by atoms with Crippen molar-refractivity contribution in [2.45, 2.75) is 0 Å². The zero-order chi connectivity index (χ0) is 25.9. The number of hydrogen-bond acceptors (Lipinski definition) is 6. The van der Waals surface area contributed by atoms with Gasteiger partial charge in [-0.2, -0.15) is 0 Å². The van der Waals surface area contributed by atoms with E-state index in [1.807, 2.05) is 48.5 Å². The molecule has 10 heteroatoms. The Morgan fingerprint density at radius 3 is 1.45 bits per heavy atom. The van der Waals surface area contributed by atoms with Crippen LogP contribution in [0.4, 0.5) is 0 Å². The molecule has 4 N–H and O–H groups in total. The quantitative estimate of drug-likeness (QED) is 0.245. The van der Waals surface area contributed by atoms with E-state index in [0.29, 0.717) is 23.0 Å².